The molecule has 0 saturated carbocycles. The maximum Gasteiger partial charge on any atom is 0.191 e. The maximum absolute atomic E-state index is 4.64. The van der Waals surface area contributed by atoms with Gasteiger partial charge < -0.3 is 10.6 Å². The van der Waals surface area contributed by atoms with E-state index in [2.05, 4.69) is 65.6 Å². The molecule has 0 atom stereocenters. The number of aromatic nitrogens is 1. The lowest BCUT2D eigenvalue weighted by Crippen LogP contribution is -2.38. The summed E-state index contributed by atoms with van der Waals surface area (Å²) in [5.74, 6) is 0.885. The zero-order valence-corrected chi connectivity index (χ0v) is 15.7. The van der Waals surface area contributed by atoms with Gasteiger partial charge in [0.2, 0.25) is 0 Å². The predicted molar refractivity (Wildman–Crippen MR) is 104 cm³/mol. The van der Waals surface area contributed by atoms with Gasteiger partial charge in [0.05, 0.1) is 5.01 Å². The van der Waals surface area contributed by atoms with E-state index < -0.39 is 0 Å². The number of nitrogens with zero attached hydrogens (tertiary/aromatic N) is 2. The molecule has 24 heavy (non-hydrogen) atoms. The molecular weight excluding hydrogens is 316 g/mol. The molecule has 0 amide bonds. The van der Waals surface area contributed by atoms with E-state index in [4.69, 9.17) is 0 Å². The molecule has 4 nitrogen and oxygen atoms in total. The van der Waals surface area contributed by atoms with Crippen LogP contribution in [-0.2, 0) is 19.3 Å². The molecule has 1 aromatic heterocycles. The summed E-state index contributed by atoms with van der Waals surface area (Å²) in [5.41, 5.74) is 2.74. The van der Waals surface area contributed by atoms with E-state index >= 15 is 0 Å². The van der Waals surface area contributed by atoms with Gasteiger partial charge in [0.15, 0.2) is 5.96 Å². The van der Waals surface area contributed by atoms with Crippen molar-refractivity contribution >= 4 is 17.3 Å². The van der Waals surface area contributed by atoms with E-state index in [1.165, 1.54) is 16.0 Å². The van der Waals surface area contributed by atoms with Gasteiger partial charge in [-0.25, -0.2) is 4.98 Å². The molecule has 0 aliphatic carbocycles. The summed E-state index contributed by atoms with van der Waals surface area (Å²) in [6.45, 7) is 8.87. The van der Waals surface area contributed by atoms with Crippen LogP contribution in [0.25, 0.3) is 0 Å². The van der Waals surface area contributed by atoms with Crippen LogP contribution in [0.1, 0.15) is 34.9 Å². The lowest BCUT2D eigenvalue weighted by Gasteiger charge is -2.11. The third-order valence-electron chi connectivity index (χ3n) is 3.75. The van der Waals surface area contributed by atoms with Gasteiger partial charge in [-0.1, -0.05) is 31.2 Å². The Bertz CT molecular complexity index is 631. The van der Waals surface area contributed by atoms with Crippen LogP contribution in [0.15, 0.2) is 35.5 Å². The number of rotatable bonds is 8. The van der Waals surface area contributed by atoms with Crippen LogP contribution in [0.5, 0.6) is 0 Å². The Morgan fingerprint density at radius 1 is 1.08 bits per heavy atom. The van der Waals surface area contributed by atoms with Crippen molar-refractivity contribution in [3.8, 4) is 0 Å². The quantitative estimate of drug-likeness (QED) is 0.570. The molecule has 1 heterocycles. The van der Waals surface area contributed by atoms with Crippen molar-refractivity contribution in [3.05, 3.63) is 51.5 Å². The van der Waals surface area contributed by atoms with Gasteiger partial charge in [0, 0.05) is 37.1 Å². The second kappa shape index (κ2) is 10.1. The number of hydrogen-bond acceptors (Lipinski definition) is 3. The van der Waals surface area contributed by atoms with Gasteiger partial charge in [0.1, 0.15) is 0 Å². The molecule has 0 bridgehead atoms. The number of benzene rings is 1. The molecular formula is C19H28N4S. The fraction of sp³-hybridized carbons (Fsp3) is 0.474. The van der Waals surface area contributed by atoms with Crippen LogP contribution in [0.2, 0.25) is 0 Å². The number of nitrogens with one attached hydrogen (secondary N) is 2. The summed E-state index contributed by atoms with van der Waals surface area (Å²) in [7, 11) is 0. The number of hydrogen-bond donors (Lipinski definition) is 2. The third kappa shape index (κ3) is 6.32. The summed E-state index contributed by atoms with van der Waals surface area (Å²) in [6.07, 6.45) is 4.92. The molecule has 0 radical (unpaired) electrons. The Kier molecular flexibility index (Phi) is 7.75. The standard InChI is InChI=1S/C19H28N4S/c1-4-16-6-8-17(9-7-16)10-12-21-19(20-5-2)22-13-11-18-23-14-15(3)24-18/h6-9,14H,4-5,10-13H2,1-3H3,(H2,20,21,22). The molecule has 0 unspecified atom stereocenters. The number of aliphatic imine (C=N–C) groups is 1. The van der Waals surface area contributed by atoms with Crippen LogP contribution in [0.3, 0.4) is 0 Å². The Hall–Kier alpha value is -1.88. The van der Waals surface area contributed by atoms with Crippen molar-refractivity contribution in [2.75, 3.05) is 19.6 Å². The van der Waals surface area contributed by atoms with Crippen molar-refractivity contribution in [2.24, 2.45) is 4.99 Å². The molecule has 0 saturated heterocycles. The second-order valence-electron chi connectivity index (χ2n) is 5.72. The molecule has 0 aliphatic rings. The maximum atomic E-state index is 4.64. The highest BCUT2D eigenvalue weighted by atomic mass is 32.1. The van der Waals surface area contributed by atoms with E-state index in [9.17, 15) is 0 Å². The van der Waals surface area contributed by atoms with Crippen LogP contribution >= 0.6 is 11.3 Å². The minimum atomic E-state index is 0.757. The smallest absolute Gasteiger partial charge is 0.191 e. The van der Waals surface area contributed by atoms with Gasteiger partial charge in [-0.3, -0.25) is 4.99 Å². The Labute approximate surface area is 149 Å². The van der Waals surface area contributed by atoms with E-state index in [1.54, 1.807) is 11.3 Å². The molecule has 2 N–H and O–H groups in total. The molecule has 2 rings (SSSR count). The van der Waals surface area contributed by atoms with Crippen LogP contribution in [0.4, 0.5) is 0 Å². The Morgan fingerprint density at radius 2 is 1.83 bits per heavy atom. The van der Waals surface area contributed by atoms with Gasteiger partial charge in [0.25, 0.3) is 0 Å². The summed E-state index contributed by atoms with van der Waals surface area (Å²) in [4.78, 5) is 10.3. The van der Waals surface area contributed by atoms with Crippen LogP contribution in [-0.4, -0.2) is 30.6 Å². The van der Waals surface area contributed by atoms with Crippen molar-refractivity contribution in [1.82, 2.24) is 15.6 Å². The zero-order chi connectivity index (χ0) is 17.2. The Morgan fingerprint density at radius 3 is 2.46 bits per heavy atom. The number of thiazole rings is 1. The largest absolute Gasteiger partial charge is 0.357 e. The molecule has 2 aromatic rings. The fourth-order valence-corrected chi connectivity index (χ4v) is 3.16. The molecule has 1 aromatic carbocycles. The van der Waals surface area contributed by atoms with Gasteiger partial charge >= 0.3 is 0 Å². The highest BCUT2D eigenvalue weighted by molar-refractivity contribution is 7.11. The minimum absolute atomic E-state index is 0.757. The van der Waals surface area contributed by atoms with Gasteiger partial charge in [-0.15, -0.1) is 11.3 Å². The molecule has 130 valence electrons. The summed E-state index contributed by atoms with van der Waals surface area (Å²) in [5, 5.41) is 7.87. The van der Waals surface area contributed by atoms with E-state index in [-0.39, 0.29) is 0 Å². The SMILES string of the molecule is CCNC(=NCCc1ncc(C)s1)NCCc1ccc(CC)cc1. The topological polar surface area (TPSA) is 49.3 Å². The first-order chi connectivity index (χ1) is 11.7. The highest BCUT2D eigenvalue weighted by Gasteiger charge is 2.00. The van der Waals surface area contributed by atoms with Crippen LogP contribution in [0, 0.1) is 6.92 Å². The third-order valence-corrected chi connectivity index (χ3v) is 4.72. The zero-order valence-electron chi connectivity index (χ0n) is 14.9. The van der Waals surface area contributed by atoms with E-state index in [1.807, 2.05) is 6.20 Å². The average molecular weight is 345 g/mol. The molecule has 0 aliphatic heterocycles. The van der Waals surface area contributed by atoms with Crippen LogP contribution < -0.4 is 10.6 Å². The first-order valence-corrected chi connectivity index (χ1v) is 9.54. The summed E-state index contributed by atoms with van der Waals surface area (Å²) >= 11 is 1.75. The second-order valence-corrected chi connectivity index (χ2v) is 7.04. The molecule has 0 spiro atoms. The lowest BCUT2D eigenvalue weighted by atomic mass is 10.1. The first kappa shape index (κ1) is 18.5. The van der Waals surface area contributed by atoms with Gasteiger partial charge in [-0.2, -0.15) is 0 Å². The summed E-state index contributed by atoms with van der Waals surface area (Å²) in [6, 6.07) is 8.86. The van der Waals surface area contributed by atoms with E-state index in [0.717, 1.165) is 49.9 Å². The predicted octanol–water partition coefficient (Wildman–Crippen LogP) is 3.35. The number of aryl methyl sites for hydroxylation is 2. The lowest BCUT2D eigenvalue weighted by molar-refractivity contribution is 0.796. The average Bonchev–Trinajstić information content (AvgIpc) is 3.01. The minimum Gasteiger partial charge on any atom is -0.357 e. The van der Waals surface area contributed by atoms with Crippen molar-refractivity contribution < 1.29 is 0 Å². The van der Waals surface area contributed by atoms with Gasteiger partial charge in [-0.05, 0) is 37.8 Å². The fourth-order valence-electron chi connectivity index (χ4n) is 2.39. The summed E-state index contributed by atoms with van der Waals surface area (Å²) < 4.78 is 0. The molecule has 5 heteroatoms. The molecule has 0 fully saturated rings. The normalized spacial score (nSPS) is 11.5. The van der Waals surface area contributed by atoms with Crippen molar-refractivity contribution in [3.63, 3.8) is 0 Å². The van der Waals surface area contributed by atoms with Crippen molar-refractivity contribution in [2.45, 2.75) is 40.0 Å². The monoisotopic (exact) mass is 344 g/mol. The van der Waals surface area contributed by atoms with Crippen molar-refractivity contribution in [1.29, 1.82) is 0 Å². The highest BCUT2D eigenvalue weighted by Crippen LogP contribution is 2.11. The Balaban J connectivity index is 1.77. The number of guanidine groups is 1. The van der Waals surface area contributed by atoms with E-state index in [0.29, 0.717) is 0 Å². The first-order valence-electron chi connectivity index (χ1n) is 8.72.